The van der Waals surface area contributed by atoms with E-state index in [1.807, 2.05) is 31.2 Å². The van der Waals surface area contributed by atoms with Crippen molar-refractivity contribution < 1.29 is 23.1 Å². The summed E-state index contributed by atoms with van der Waals surface area (Å²) in [4.78, 5) is 12.1. The van der Waals surface area contributed by atoms with Gasteiger partial charge in [-0.05, 0) is 43.3 Å². The summed E-state index contributed by atoms with van der Waals surface area (Å²) >= 11 is 0. The van der Waals surface area contributed by atoms with Crippen molar-refractivity contribution in [2.75, 3.05) is 13.7 Å². The van der Waals surface area contributed by atoms with Crippen LogP contribution in [0.5, 0.6) is 11.5 Å². The van der Waals surface area contributed by atoms with Crippen LogP contribution in [0.4, 0.5) is 4.39 Å². The predicted octanol–water partition coefficient (Wildman–Crippen LogP) is 4.23. The van der Waals surface area contributed by atoms with Gasteiger partial charge in [-0.15, -0.1) is 0 Å². The Hall–Kier alpha value is -3.02. The second kappa shape index (κ2) is 7.91. The smallest absolute Gasteiger partial charge is 0.224 e. The molecule has 1 N–H and O–H groups in total. The van der Waals surface area contributed by atoms with Crippen LogP contribution in [-0.2, 0) is 4.79 Å². The van der Waals surface area contributed by atoms with Gasteiger partial charge in [0, 0.05) is 5.39 Å². The van der Waals surface area contributed by atoms with Gasteiger partial charge in [-0.1, -0.05) is 12.1 Å². The van der Waals surface area contributed by atoms with E-state index in [0.29, 0.717) is 22.8 Å². The summed E-state index contributed by atoms with van der Waals surface area (Å²) in [5.74, 6) is 1.34. The molecule has 0 aliphatic carbocycles. The molecule has 0 spiro atoms. The summed E-state index contributed by atoms with van der Waals surface area (Å²) in [6.45, 7) is 2.06. The van der Waals surface area contributed by atoms with Crippen molar-refractivity contribution in [2.45, 2.75) is 19.4 Å². The molecule has 0 saturated carbocycles. The molecule has 1 atom stereocenters. The fourth-order valence-electron chi connectivity index (χ4n) is 2.61. The lowest BCUT2D eigenvalue weighted by molar-refractivity contribution is -0.122. The van der Waals surface area contributed by atoms with Crippen LogP contribution in [0.1, 0.15) is 25.1 Å². The Morgan fingerprint density at radius 2 is 2.00 bits per heavy atom. The normalized spacial score (nSPS) is 12.0. The second-order valence-corrected chi connectivity index (χ2v) is 5.87. The van der Waals surface area contributed by atoms with Crippen molar-refractivity contribution in [2.24, 2.45) is 0 Å². The number of carbonyl (C=O) groups excluding carboxylic acids is 1. The summed E-state index contributed by atoms with van der Waals surface area (Å²) in [5, 5.41) is 3.79. The van der Waals surface area contributed by atoms with E-state index in [4.69, 9.17) is 13.9 Å². The van der Waals surface area contributed by atoms with Crippen LogP contribution in [0.3, 0.4) is 0 Å². The molecule has 5 nitrogen and oxygen atoms in total. The molecule has 0 radical (unpaired) electrons. The number of rotatable bonds is 7. The highest BCUT2D eigenvalue weighted by Crippen LogP contribution is 2.30. The molecule has 26 heavy (non-hydrogen) atoms. The minimum Gasteiger partial charge on any atom is -0.493 e. The van der Waals surface area contributed by atoms with Gasteiger partial charge in [-0.2, -0.15) is 0 Å². The quantitative estimate of drug-likeness (QED) is 0.687. The Morgan fingerprint density at radius 3 is 2.73 bits per heavy atom. The number of fused-ring (bicyclic) bond motifs is 1. The number of methoxy groups -OCH3 is 1. The fraction of sp³-hybridized carbons (Fsp3) is 0.250. The zero-order valence-electron chi connectivity index (χ0n) is 14.6. The molecule has 0 aliphatic heterocycles. The van der Waals surface area contributed by atoms with E-state index in [1.165, 1.54) is 24.3 Å². The summed E-state index contributed by atoms with van der Waals surface area (Å²) in [6, 6.07) is 12.9. The molecule has 1 heterocycles. The molecule has 0 saturated heterocycles. The molecular formula is C20H20FNO4. The number of carbonyl (C=O) groups is 1. The van der Waals surface area contributed by atoms with E-state index >= 15 is 0 Å². The molecule has 2 aromatic carbocycles. The molecule has 1 amide bonds. The number of ether oxygens (including phenoxy) is 2. The number of amides is 1. The van der Waals surface area contributed by atoms with Crippen molar-refractivity contribution in [3.63, 3.8) is 0 Å². The monoisotopic (exact) mass is 357 g/mol. The summed E-state index contributed by atoms with van der Waals surface area (Å²) in [5.41, 5.74) is 0.658. The zero-order chi connectivity index (χ0) is 18.5. The topological polar surface area (TPSA) is 60.7 Å². The largest absolute Gasteiger partial charge is 0.493 e. The van der Waals surface area contributed by atoms with Crippen molar-refractivity contribution in [1.82, 2.24) is 5.32 Å². The van der Waals surface area contributed by atoms with Crippen LogP contribution < -0.4 is 14.8 Å². The van der Waals surface area contributed by atoms with Gasteiger partial charge in [-0.3, -0.25) is 4.79 Å². The first-order chi connectivity index (χ1) is 12.6. The lowest BCUT2D eigenvalue weighted by atomic mass is 10.2. The minimum absolute atomic E-state index is 0.160. The lowest BCUT2D eigenvalue weighted by Gasteiger charge is -2.12. The van der Waals surface area contributed by atoms with Crippen LogP contribution in [0, 0.1) is 5.82 Å². The maximum Gasteiger partial charge on any atom is 0.224 e. The van der Waals surface area contributed by atoms with Gasteiger partial charge >= 0.3 is 0 Å². The molecule has 3 rings (SSSR count). The van der Waals surface area contributed by atoms with Crippen LogP contribution in [0.25, 0.3) is 11.0 Å². The van der Waals surface area contributed by atoms with E-state index in [2.05, 4.69) is 5.32 Å². The van der Waals surface area contributed by atoms with E-state index in [1.54, 1.807) is 7.11 Å². The molecule has 0 fully saturated rings. The number of hydrogen-bond acceptors (Lipinski definition) is 4. The third-order valence-corrected chi connectivity index (χ3v) is 3.96. The second-order valence-electron chi connectivity index (χ2n) is 5.87. The maximum absolute atomic E-state index is 12.8. The van der Waals surface area contributed by atoms with Crippen LogP contribution in [0.2, 0.25) is 0 Å². The van der Waals surface area contributed by atoms with Crippen LogP contribution in [-0.4, -0.2) is 19.6 Å². The van der Waals surface area contributed by atoms with Gasteiger partial charge in [0.1, 0.15) is 17.3 Å². The van der Waals surface area contributed by atoms with Crippen LogP contribution >= 0.6 is 0 Å². The third-order valence-electron chi connectivity index (χ3n) is 3.96. The Kier molecular flexibility index (Phi) is 5.41. The minimum atomic E-state index is -0.327. The Bertz CT molecular complexity index is 888. The average molecular weight is 357 g/mol. The number of hydrogen-bond donors (Lipinski definition) is 1. The van der Waals surface area contributed by atoms with Gasteiger partial charge in [0.15, 0.2) is 11.3 Å². The third kappa shape index (κ3) is 4.14. The highest BCUT2D eigenvalue weighted by molar-refractivity contribution is 5.84. The number of benzene rings is 2. The standard InChI is InChI=1S/C20H20FNO4/c1-13(18-12-14-4-3-5-17(24-2)20(14)26-18)22-19(23)10-11-25-16-8-6-15(21)7-9-16/h3-9,12-13H,10-11H2,1-2H3,(H,22,23). The highest BCUT2D eigenvalue weighted by atomic mass is 19.1. The molecule has 6 heteroatoms. The van der Waals surface area contributed by atoms with Gasteiger partial charge in [0.2, 0.25) is 5.91 Å². The lowest BCUT2D eigenvalue weighted by Crippen LogP contribution is -2.27. The fourth-order valence-corrected chi connectivity index (χ4v) is 2.61. The first-order valence-corrected chi connectivity index (χ1v) is 8.31. The van der Waals surface area contributed by atoms with E-state index in [0.717, 1.165) is 5.39 Å². The Balaban J connectivity index is 1.54. The first-order valence-electron chi connectivity index (χ1n) is 8.31. The average Bonchev–Trinajstić information content (AvgIpc) is 3.08. The number of nitrogens with one attached hydrogen (secondary N) is 1. The Morgan fingerprint density at radius 1 is 1.23 bits per heavy atom. The molecule has 1 unspecified atom stereocenters. The summed E-state index contributed by atoms with van der Waals surface area (Å²) in [7, 11) is 1.59. The number of para-hydroxylation sites is 1. The SMILES string of the molecule is COc1cccc2cc(C(C)NC(=O)CCOc3ccc(F)cc3)oc12. The van der Waals surface area contributed by atoms with Crippen molar-refractivity contribution in [3.05, 3.63) is 60.1 Å². The number of halogens is 1. The summed E-state index contributed by atoms with van der Waals surface area (Å²) in [6.07, 6.45) is 0.186. The van der Waals surface area contributed by atoms with Gasteiger partial charge < -0.3 is 19.2 Å². The van der Waals surface area contributed by atoms with Gasteiger partial charge in [0.05, 0.1) is 26.2 Å². The van der Waals surface area contributed by atoms with Gasteiger partial charge in [-0.25, -0.2) is 4.39 Å². The van der Waals surface area contributed by atoms with Gasteiger partial charge in [0.25, 0.3) is 0 Å². The molecule has 0 bridgehead atoms. The van der Waals surface area contributed by atoms with Crippen molar-refractivity contribution >= 4 is 16.9 Å². The van der Waals surface area contributed by atoms with Crippen molar-refractivity contribution in [1.29, 1.82) is 0 Å². The maximum atomic E-state index is 12.8. The molecule has 1 aromatic heterocycles. The van der Waals surface area contributed by atoms with Crippen LogP contribution in [0.15, 0.2) is 52.9 Å². The van der Waals surface area contributed by atoms with E-state index in [-0.39, 0.29) is 30.8 Å². The van der Waals surface area contributed by atoms with E-state index < -0.39 is 0 Å². The number of furan rings is 1. The van der Waals surface area contributed by atoms with Crippen molar-refractivity contribution in [3.8, 4) is 11.5 Å². The predicted molar refractivity (Wildman–Crippen MR) is 95.8 cm³/mol. The zero-order valence-corrected chi connectivity index (χ0v) is 14.6. The first kappa shape index (κ1) is 17.8. The Labute approximate surface area is 150 Å². The van der Waals surface area contributed by atoms with E-state index in [9.17, 15) is 9.18 Å². The molecular weight excluding hydrogens is 337 g/mol. The molecule has 3 aromatic rings. The molecule has 0 aliphatic rings. The highest BCUT2D eigenvalue weighted by Gasteiger charge is 2.16. The molecule has 136 valence electrons. The summed E-state index contributed by atoms with van der Waals surface area (Å²) < 4.78 is 29.4.